The van der Waals surface area contributed by atoms with Gasteiger partial charge in [-0.25, -0.2) is 0 Å². The van der Waals surface area contributed by atoms with Crippen LogP contribution in [0.4, 0.5) is 0 Å². The van der Waals surface area contributed by atoms with Crippen LogP contribution in [0.3, 0.4) is 0 Å². The molecule has 0 aliphatic rings. The van der Waals surface area contributed by atoms with Gasteiger partial charge in [0.05, 0.1) is 4.29 Å². The van der Waals surface area contributed by atoms with Crippen molar-refractivity contribution in [2.24, 2.45) is 0 Å². The van der Waals surface area contributed by atoms with Gasteiger partial charge in [0.15, 0.2) is 0 Å². The minimum Gasteiger partial charge on any atom is -0.428 e. The Morgan fingerprint density at radius 3 is 2.57 bits per heavy atom. The summed E-state index contributed by atoms with van der Waals surface area (Å²) >= 11 is 8.68. The summed E-state index contributed by atoms with van der Waals surface area (Å²) in [4.78, 5) is 0. The number of rotatable bonds is 3. The molecule has 0 fully saturated rings. The lowest BCUT2D eigenvalue weighted by Crippen LogP contribution is -1.94. The van der Waals surface area contributed by atoms with Gasteiger partial charge in [0.25, 0.3) is 0 Å². The third-order valence-electron chi connectivity index (χ3n) is 0.540. The van der Waals surface area contributed by atoms with Gasteiger partial charge in [-0.2, -0.15) is 0 Å². The second-order valence-corrected chi connectivity index (χ2v) is 3.91. The van der Waals surface area contributed by atoms with Crippen molar-refractivity contribution in [1.82, 2.24) is 0 Å². The normalized spacial score (nSPS) is 14.6. The Kier molecular flexibility index (Phi) is 5.78. The molecule has 0 saturated heterocycles. The Bertz CT molecular complexity index is 43.9. The largest absolute Gasteiger partial charge is 0.428 e. The van der Waals surface area contributed by atoms with Gasteiger partial charge < -0.3 is 4.43 Å². The van der Waals surface area contributed by atoms with Crippen molar-refractivity contribution in [3.63, 3.8) is 0 Å². The number of halogens is 2. The van der Waals surface area contributed by atoms with E-state index in [1.165, 1.54) is 0 Å². The smallest absolute Gasteiger partial charge is 0.145 e. The molecule has 0 bridgehead atoms. The fourth-order valence-corrected chi connectivity index (χ4v) is 0.719. The molecule has 0 saturated carbocycles. The van der Waals surface area contributed by atoms with Crippen molar-refractivity contribution in [3.05, 3.63) is 0 Å². The lowest BCUT2D eigenvalue weighted by molar-refractivity contribution is 0.348. The van der Waals surface area contributed by atoms with E-state index < -0.39 is 0 Å². The van der Waals surface area contributed by atoms with Crippen LogP contribution in [-0.2, 0) is 4.43 Å². The molecule has 4 heteroatoms. The number of hydrogen-bond acceptors (Lipinski definition) is 1. The quantitative estimate of drug-likeness (QED) is 0.483. The highest BCUT2D eigenvalue weighted by molar-refractivity contribution is 9.10. The Morgan fingerprint density at radius 1 is 1.86 bits per heavy atom. The van der Waals surface area contributed by atoms with Crippen LogP contribution in [0.2, 0.25) is 0 Å². The van der Waals surface area contributed by atoms with Crippen LogP contribution in [0.25, 0.3) is 0 Å². The summed E-state index contributed by atoms with van der Waals surface area (Å²) in [5.41, 5.74) is 0. The Morgan fingerprint density at radius 2 is 2.43 bits per heavy atom. The van der Waals surface area contributed by atoms with E-state index in [1.807, 2.05) is 0 Å². The Balaban J connectivity index is 2.68. The van der Waals surface area contributed by atoms with E-state index in [-0.39, 0.29) is 4.29 Å². The standard InChI is InChI=1S/C3H8BrClOSi/c4-3(5)1-2-6-7/h3H,1-2H2,7H3. The van der Waals surface area contributed by atoms with E-state index in [0.717, 1.165) is 23.5 Å². The lowest BCUT2D eigenvalue weighted by atomic mass is 10.5. The van der Waals surface area contributed by atoms with E-state index in [1.54, 1.807) is 0 Å². The molecule has 0 radical (unpaired) electrons. The average Bonchev–Trinajstić information content (AvgIpc) is 1.61. The van der Waals surface area contributed by atoms with Gasteiger partial charge in [-0.15, -0.1) is 11.6 Å². The Hall–Kier alpha value is 0.947. The summed E-state index contributed by atoms with van der Waals surface area (Å²) in [5.74, 6) is 0. The molecular formula is C3H8BrClOSi. The first-order valence-corrected chi connectivity index (χ1v) is 4.21. The van der Waals surface area contributed by atoms with Crippen LogP contribution in [0.5, 0.6) is 0 Å². The van der Waals surface area contributed by atoms with Gasteiger partial charge in [0, 0.05) is 6.61 Å². The third-order valence-corrected chi connectivity index (χ3v) is 1.62. The molecule has 0 amide bonds. The average molecular weight is 204 g/mol. The first kappa shape index (κ1) is 7.95. The number of alkyl halides is 2. The lowest BCUT2D eigenvalue weighted by Gasteiger charge is -1.96. The van der Waals surface area contributed by atoms with Crippen LogP contribution in [0.15, 0.2) is 0 Å². The molecule has 0 aromatic heterocycles. The van der Waals surface area contributed by atoms with Crippen molar-refractivity contribution in [2.45, 2.75) is 10.7 Å². The molecular weight excluding hydrogens is 195 g/mol. The zero-order valence-corrected chi connectivity index (χ0v) is 8.50. The molecule has 0 spiro atoms. The van der Waals surface area contributed by atoms with Crippen molar-refractivity contribution >= 4 is 38.0 Å². The van der Waals surface area contributed by atoms with Crippen molar-refractivity contribution in [1.29, 1.82) is 0 Å². The van der Waals surface area contributed by atoms with Crippen molar-refractivity contribution in [3.8, 4) is 0 Å². The van der Waals surface area contributed by atoms with E-state index in [4.69, 9.17) is 16.0 Å². The zero-order valence-electron chi connectivity index (χ0n) is 4.16. The van der Waals surface area contributed by atoms with Gasteiger partial charge in [-0.05, 0) is 6.42 Å². The molecule has 1 nitrogen and oxygen atoms in total. The molecule has 0 aromatic carbocycles. The molecule has 0 rings (SSSR count). The predicted octanol–water partition coefficient (Wildman–Crippen LogP) is 0.633. The highest BCUT2D eigenvalue weighted by Gasteiger charge is 1.93. The Labute approximate surface area is 60.0 Å². The van der Waals surface area contributed by atoms with Gasteiger partial charge in [-0.3, -0.25) is 0 Å². The second-order valence-electron chi connectivity index (χ2n) is 1.17. The van der Waals surface area contributed by atoms with Gasteiger partial charge in [0.2, 0.25) is 0 Å². The minimum atomic E-state index is 0.0847. The summed E-state index contributed by atoms with van der Waals surface area (Å²) in [5, 5.41) is 0. The van der Waals surface area contributed by atoms with E-state index >= 15 is 0 Å². The molecule has 1 unspecified atom stereocenters. The maximum Gasteiger partial charge on any atom is 0.145 e. The van der Waals surface area contributed by atoms with E-state index in [9.17, 15) is 0 Å². The summed E-state index contributed by atoms with van der Waals surface area (Å²) in [7, 11) is 0.815. The zero-order chi connectivity index (χ0) is 5.70. The van der Waals surface area contributed by atoms with Crippen molar-refractivity contribution < 1.29 is 4.43 Å². The molecule has 0 N–H and O–H groups in total. The number of hydrogen-bond donors (Lipinski definition) is 0. The SMILES string of the molecule is [SiH3]OCCC(Cl)Br. The molecule has 1 atom stereocenters. The first-order valence-electron chi connectivity index (χ1n) is 2.04. The summed E-state index contributed by atoms with van der Waals surface area (Å²) in [6.45, 7) is 0.783. The molecule has 0 aliphatic heterocycles. The molecule has 7 heavy (non-hydrogen) atoms. The third kappa shape index (κ3) is 6.95. The highest BCUT2D eigenvalue weighted by Crippen LogP contribution is 2.08. The molecule has 0 aliphatic carbocycles. The van der Waals surface area contributed by atoms with Crippen LogP contribution < -0.4 is 0 Å². The van der Waals surface area contributed by atoms with Crippen LogP contribution >= 0.6 is 27.5 Å². The van der Waals surface area contributed by atoms with Crippen LogP contribution in [0.1, 0.15) is 6.42 Å². The van der Waals surface area contributed by atoms with E-state index in [2.05, 4.69) is 15.9 Å². The van der Waals surface area contributed by atoms with Gasteiger partial charge >= 0.3 is 0 Å². The minimum absolute atomic E-state index is 0.0847. The maximum absolute atomic E-state index is 5.51. The van der Waals surface area contributed by atoms with Gasteiger partial charge in [0.1, 0.15) is 10.5 Å². The molecule has 0 aromatic rings. The van der Waals surface area contributed by atoms with Crippen LogP contribution in [0, 0.1) is 0 Å². The summed E-state index contributed by atoms with van der Waals surface area (Å²) in [6.07, 6.45) is 0.894. The highest BCUT2D eigenvalue weighted by atomic mass is 79.9. The molecule has 44 valence electrons. The predicted molar refractivity (Wildman–Crippen MR) is 39.1 cm³/mol. The molecule has 0 heterocycles. The van der Waals surface area contributed by atoms with Crippen molar-refractivity contribution in [2.75, 3.05) is 6.61 Å². The fraction of sp³-hybridized carbons (Fsp3) is 1.00. The maximum atomic E-state index is 5.51. The van der Waals surface area contributed by atoms with Crippen LogP contribution in [-0.4, -0.2) is 21.4 Å². The second kappa shape index (κ2) is 5.09. The topological polar surface area (TPSA) is 9.23 Å². The monoisotopic (exact) mass is 202 g/mol. The van der Waals surface area contributed by atoms with Gasteiger partial charge in [-0.1, -0.05) is 15.9 Å². The summed E-state index contributed by atoms with van der Waals surface area (Å²) < 4.78 is 4.96. The first-order chi connectivity index (χ1) is 3.27. The fourth-order valence-electron chi connectivity index (χ4n) is 0.207. The van der Waals surface area contributed by atoms with E-state index in [0.29, 0.717) is 0 Å². The summed E-state index contributed by atoms with van der Waals surface area (Å²) in [6, 6.07) is 0.